The molecule has 1 aromatic carbocycles. The van der Waals surface area contributed by atoms with E-state index in [1.165, 1.54) is 7.11 Å². The molecule has 0 saturated carbocycles. The van der Waals surface area contributed by atoms with Crippen molar-refractivity contribution in [3.05, 3.63) is 54.6 Å². The Bertz CT molecular complexity index is 1050. The van der Waals surface area contributed by atoms with Crippen molar-refractivity contribution in [1.29, 1.82) is 0 Å². The number of benzene rings is 1. The van der Waals surface area contributed by atoms with Crippen LogP contribution < -0.4 is 9.03 Å². The van der Waals surface area contributed by atoms with E-state index in [-0.39, 0.29) is 19.1 Å². The van der Waals surface area contributed by atoms with Gasteiger partial charge >= 0.3 is 10.2 Å². The Kier molecular flexibility index (Phi) is 6.57. The van der Waals surface area contributed by atoms with E-state index in [9.17, 15) is 8.42 Å². The van der Waals surface area contributed by atoms with Gasteiger partial charge in [-0.15, -0.1) is 0 Å². The third kappa shape index (κ3) is 4.61. The van der Waals surface area contributed by atoms with Crippen LogP contribution in [-0.4, -0.2) is 48.2 Å². The van der Waals surface area contributed by atoms with E-state index < -0.39 is 10.2 Å². The summed E-state index contributed by atoms with van der Waals surface area (Å²) < 4.78 is 36.6. The van der Waals surface area contributed by atoms with Crippen molar-refractivity contribution >= 4 is 21.8 Å². The summed E-state index contributed by atoms with van der Waals surface area (Å²) in [5, 5.41) is 0. The number of anilines is 2. The number of nitrogens with one attached hydrogen (secondary N) is 1. The van der Waals surface area contributed by atoms with Crippen LogP contribution in [0.3, 0.4) is 0 Å². The molecule has 0 aliphatic carbocycles. The highest BCUT2D eigenvalue weighted by Gasteiger charge is 2.27. The molecule has 10 heteroatoms. The SMILES string of the molecule is CCn1c(-c2ccnc(N(c3ccccc3)S(=O)(=O)NCCOC)n2)cnc1C. The Morgan fingerprint density at radius 3 is 2.62 bits per heavy atom. The summed E-state index contributed by atoms with van der Waals surface area (Å²) in [5.74, 6) is 0.900. The van der Waals surface area contributed by atoms with Crippen LogP contribution in [0.15, 0.2) is 48.8 Å². The van der Waals surface area contributed by atoms with Gasteiger partial charge in [0.15, 0.2) is 0 Å². The highest BCUT2D eigenvalue weighted by molar-refractivity contribution is 7.91. The van der Waals surface area contributed by atoms with Crippen molar-refractivity contribution in [3.8, 4) is 11.4 Å². The maximum absolute atomic E-state index is 13.0. The van der Waals surface area contributed by atoms with Crippen molar-refractivity contribution in [2.75, 3.05) is 24.6 Å². The molecule has 154 valence electrons. The molecule has 2 heterocycles. The van der Waals surface area contributed by atoms with E-state index in [0.29, 0.717) is 11.4 Å². The lowest BCUT2D eigenvalue weighted by atomic mass is 10.3. The average Bonchev–Trinajstić information content (AvgIpc) is 3.09. The number of methoxy groups -OCH3 is 1. The molecule has 0 unspecified atom stereocenters. The number of rotatable bonds is 9. The zero-order valence-corrected chi connectivity index (χ0v) is 17.4. The first-order valence-electron chi connectivity index (χ1n) is 9.17. The van der Waals surface area contributed by atoms with Gasteiger partial charge in [-0.3, -0.25) is 0 Å². The molecule has 9 nitrogen and oxygen atoms in total. The van der Waals surface area contributed by atoms with E-state index >= 15 is 0 Å². The highest BCUT2D eigenvalue weighted by Crippen LogP contribution is 2.27. The minimum Gasteiger partial charge on any atom is -0.383 e. The van der Waals surface area contributed by atoms with Crippen molar-refractivity contribution in [2.24, 2.45) is 0 Å². The summed E-state index contributed by atoms with van der Waals surface area (Å²) in [7, 11) is -2.45. The Balaban J connectivity index is 2.07. The first-order chi connectivity index (χ1) is 14.0. The average molecular weight is 417 g/mol. The predicted octanol–water partition coefficient (Wildman–Crippen LogP) is 2.29. The molecule has 2 aromatic heterocycles. The van der Waals surface area contributed by atoms with E-state index in [1.54, 1.807) is 42.7 Å². The van der Waals surface area contributed by atoms with Gasteiger partial charge in [-0.2, -0.15) is 17.4 Å². The first kappa shape index (κ1) is 20.9. The lowest BCUT2D eigenvalue weighted by Crippen LogP contribution is -2.40. The van der Waals surface area contributed by atoms with Gasteiger partial charge in [-0.25, -0.2) is 15.0 Å². The molecule has 29 heavy (non-hydrogen) atoms. The van der Waals surface area contributed by atoms with Crippen LogP contribution in [0.1, 0.15) is 12.7 Å². The highest BCUT2D eigenvalue weighted by atomic mass is 32.2. The molecule has 0 aliphatic rings. The Labute approximate surface area is 170 Å². The van der Waals surface area contributed by atoms with Gasteiger partial charge in [0.25, 0.3) is 0 Å². The lowest BCUT2D eigenvalue weighted by Gasteiger charge is -2.23. The summed E-state index contributed by atoms with van der Waals surface area (Å²) in [6.45, 7) is 5.03. The van der Waals surface area contributed by atoms with E-state index in [1.807, 2.05) is 24.5 Å². The second-order valence-electron chi connectivity index (χ2n) is 6.17. The second kappa shape index (κ2) is 9.12. The molecule has 0 amide bonds. The molecule has 0 radical (unpaired) electrons. The monoisotopic (exact) mass is 416 g/mol. The largest absolute Gasteiger partial charge is 0.383 e. The second-order valence-corrected chi connectivity index (χ2v) is 7.77. The number of para-hydroxylation sites is 1. The first-order valence-corrected chi connectivity index (χ1v) is 10.6. The molecule has 0 saturated heterocycles. The van der Waals surface area contributed by atoms with Crippen molar-refractivity contribution in [3.63, 3.8) is 0 Å². The van der Waals surface area contributed by atoms with Gasteiger partial charge in [0.2, 0.25) is 5.95 Å². The number of hydrogen-bond acceptors (Lipinski definition) is 6. The number of aryl methyl sites for hydroxylation is 1. The Morgan fingerprint density at radius 2 is 1.93 bits per heavy atom. The maximum Gasteiger partial charge on any atom is 0.308 e. The van der Waals surface area contributed by atoms with Gasteiger partial charge in [0.1, 0.15) is 5.82 Å². The van der Waals surface area contributed by atoms with Crippen LogP contribution in [0.4, 0.5) is 11.6 Å². The van der Waals surface area contributed by atoms with Crippen LogP contribution in [-0.2, 0) is 21.5 Å². The molecule has 1 N–H and O–H groups in total. The summed E-state index contributed by atoms with van der Waals surface area (Å²) >= 11 is 0. The lowest BCUT2D eigenvalue weighted by molar-refractivity contribution is 0.204. The van der Waals surface area contributed by atoms with Crippen molar-refractivity contribution in [1.82, 2.24) is 24.2 Å². The smallest absolute Gasteiger partial charge is 0.308 e. The summed E-state index contributed by atoms with van der Waals surface area (Å²) in [5.41, 5.74) is 1.81. The van der Waals surface area contributed by atoms with Crippen LogP contribution in [0, 0.1) is 6.92 Å². The van der Waals surface area contributed by atoms with Crippen LogP contribution >= 0.6 is 0 Å². The predicted molar refractivity (Wildman–Crippen MR) is 111 cm³/mol. The van der Waals surface area contributed by atoms with Crippen molar-refractivity contribution < 1.29 is 13.2 Å². The number of aromatic nitrogens is 4. The zero-order valence-electron chi connectivity index (χ0n) is 16.6. The summed E-state index contributed by atoms with van der Waals surface area (Å²) in [4.78, 5) is 13.1. The number of nitrogens with zero attached hydrogens (tertiary/aromatic N) is 5. The van der Waals surface area contributed by atoms with E-state index in [0.717, 1.165) is 22.4 Å². The molecular weight excluding hydrogens is 392 g/mol. The van der Waals surface area contributed by atoms with Crippen LogP contribution in [0.2, 0.25) is 0 Å². The van der Waals surface area contributed by atoms with E-state index in [2.05, 4.69) is 19.7 Å². The number of hydrogen-bond donors (Lipinski definition) is 1. The normalized spacial score (nSPS) is 11.6. The fourth-order valence-electron chi connectivity index (χ4n) is 2.92. The molecule has 0 aliphatic heterocycles. The summed E-state index contributed by atoms with van der Waals surface area (Å²) in [6.07, 6.45) is 3.27. The molecule has 0 bridgehead atoms. The molecule has 0 fully saturated rings. The van der Waals surface area contributed by atoms with Gasteiger partial charge in [0.05, 0.1) is 29.9 Å². The quantitative estimate of drug-likeness (QED) is 0.537. The van der Waals surface area contributed by atoms with Crippen LogP contribution in [0.5, 0.6) is 0 Å². The Morgan fingerprint density at radius 1 is 1.17 bits per heavy atom. The van der Waals surface area contributed by atoms with Gasteiger partial charge < -0.3 is 9.30 Å². The fraction of sp³-hybridized carbons (Fsp3) is 0.316. The molecule has 3 rings (SSSR count). The maximum atomic E-state index is 13.0. The molecular formula is C19H24N6O3S. The zero-order chi connectivity index (χ0) is 20.9. The minimum atomic E-state index is -3.95. The van der Waals surface area contributed by atoms with Gasteiger partial charge in [-0.05, 0) is 32.0 Å². The molecule has 3 aromatic rings. The van der Waals surface area contributed by atoms with E-state index in [4.69, 9.17) is 4.74 Å². The van der Waals surface area contributed by atoms with Crippen LogP contribution in [0.25, 0.3) is 11.4 Å². The van der Waals surface area contributed by atoms with Crippen molar-refractivity contribution in [2.45, 2.75) is 20.4 Å². The van der Waals surface area contributed by atoms with Gasteiger partial charge in [-0.1, -0.05) is 18.2 Å². The number of imidazole rings is 1. The third-order valence-corrected chi connectivity index (χ3v) is 5.70. The van der Waals surface area contributed by atoms with Gasteiger partial charge in [0, 0.05) is 26.4 Å². The Hall–Kier alpha value is -2.82. The molecule has 0 spiro atoms. The third-order valence-electron chi connectivity index (χ3n) is 4.28. The molecule has 0 atom stereocenters. The number of ether oxygens (including phenoxy) is 1. The summed E-state index contributed by atoms with van der Waals surface area (Å²) in [6, 6.07) is 10.4. The fourth-order valence-corrected chi connectivity index (χ4v) is 4.10. The topological polar surface area (TPSA) is 102 Å². The minimum absolute atomic E-state index is 0.0418. The standard InChI is InChI=1S/C19H24N6O3S/c1-4-24-15(2)21-14-18(24)17-10-11-20-19(23-17)25(16-8-6-5-7-9-16)29(26,27)22-12-13-28-3/h5-11,14,22H,4,12-13H2,1-3H3.